The molecule has 2 atom stereocenters. The van der Waals surface area contributed by atoms with Crippen LogP contribution in [-0.4, -0.2) is 51.2 Å². The number of oxime groups is 2. The van der Waals surface area contributed by atoms with E-state index in [0.717, 1.165) is 38.2 Å². The van der Waals surface area contributed by atoms with Gasteiger partial charge in [0.2, 0.25) is 0 Å². The maximum absolute atomic E-state index is 8.85. The normalized spacial score (nSPS) is 20.4. The Morgan fingerprint density at radius 2 is 1.39 bits per heavy atom. The molecule has 0 saturated heterocycles. The van der Waals surface area contributed by atoms with Gasteiger partial charge in [-0.3, -0.25) is 9.97 Å². The van der Waals surface area contributed by atoms with E-state index in [4.69, 9.17) is 26.4 Å². The molecule has 4 heterocycles. The van der Waals surface area contributed by atoms with E-state index in [2.05, 4.69) is 52.1 Å². The van der Waals surface area contributed by atoms with Gasteiger partial charge in [-0.2, -0.15) is 0 Å². The summed E-state index contributed by atoms with van der Waals surface area (Å²) in [6, 6.07) is 7.60. The third kappa shape index (κ3) is 5.73. The zero-order valence-electron chi connectivity index (χ0n) is 14.6. The zero-order chi connectivity index (χ0) is 19.9. The van der Waals surface area contributed by atoms with Gasteiger partial charge in [-0.25, -0.2) is 0 Å². The van der Waals surface area contributed by atoms with E-state index in [1.165, 1.54) is 0 Å². The molecule has 0 bridgehead atoms. The molecule has 0 aromatic carbocycles. The Balaban J connectivity index is 0.000000161. The highest BCUT2D eigenvalue weighted by molar-refractivity contribution is 9.10. The number of aliphatic hydroxyl groups is 1. The first-order valence-electron chi connectivity index (χ1n) is 8.45. The second-order valence-corrected chi connectivity index (χ2v) is 8.14. The molecule has 2 aromatic heterocycles. The number of rotatable bonds is 4. The van der Waals surface area contributed by atoms with E-state index in [1.54, 1.807) is 12.4 Å². The summed E-state index contributed by atoms with van der Waals surface area (Å²) in [7, 11) is 0. The lowest BCUT2D eigenvalue weighted by Crippen LogP contribution is -2.13. The molecule has 0 aliphatic carbocycles. The summed E-state index contributed by atoms with van der Waals surface area (Å²) in [6.45, 7) is -0.0104. The molecule has 0 unspecified atom stereocenters. The fraction of sp³-hybridized carbons (Fsp3) is 0.333. The summed E-state index contributed by atoms with van der Waals surface area (Å²) in [4.78, 5) is 18.5. The Morgan fingerprint density at radius 1 is 0.893 bits per heavy atom. The van der Waals surface area contributed by atoms with Crippen LogP contribution in [0.4, 0.5) is 0 Å². The van der Waals surface area contributed by atoms with Crippen LogP contribution in [0.5, 0.6) is 0 Å². The van der Waals surface area contributed by atoms with Crippen molar-refractivity contribution in [2.24, 2.45) is 10.3 Å². The van der Waals surface area contributed by atoms with E-state index in [0.29, 0.717) is 12.3 Å². The smallest absolute Gasteiger partial charge is 0.156 e. The fourth-order valence-corrected chi connectivity index (χ4v) is 3.07. The van der Waals surface area contributed by atoms with E-state index >= 15 is 0 Å². The van der Waals surface area contributed by atoms with Crippen molar-refractivity contribution in [3.63, 3.8) is 0 Å². The van der Waals surface area contributed by atoms with Crippen molar-refractivity contribution in [1.82, 2.24) is 9.97 Å². The van der Waals surface area contributed by atoms with Crippen molar-refractivity contribution >= 4 is 54.9 Å². The zero-order valence-corrected chi connectivity index (χ0v) is 18.6. The molecule has 4 rings (SSSR count). The van der Waals surface area contributed by atoms with Crippen molar-refractivity contribution in [2.75, 3.05) is 12.5 Å². The van der Waals surface area contributed by atoms with Crippen LogP contribution >= 0.6 is 43.5 Å². The van der Waals surface area contributed by atoms with Crippen LogP contribution < -0.4 is 0 Å². The van der Waals surface area contributed by atoms with Crippen LogP contribution in [-0.2, 0) is 9.68 Å². The van der Waals surface area contributed by atoms with Crippen LogP contribution in [0.25, 0.3) is 0 Å². The maximum atomic E-state index is 8.85. The van der Waals surface area contributed by atoms with Gasteiger partial charge in [0.1, 0.15) is 17.5 Å². The van der Waals surface area contributed by atoms with E-state index < -0.39 is 0 Å². The minimum absolute atomic E-state index is 0.00267. The van der Waals surface area contributed by atoms with Gasteiger partial charge in [-0.1, -0.05) is 10.3 Å². The van der Waals surface area contributed by atoms with Gasteiger partial charge in [0, 0.05) is 34.2 Å². The highest BCUT2D eigenvalue weighted by Gasteiger charge is 2.22. The molecule has 7 nitrogen and oxygen atoms in total. The average Bonchev–Trinajstić information content (AvgIpc) is 3.39. The number of aliphatic hydroxyl groups excluding tert-OH is 1. The van der Waals surface area contributed by atoms with E-state index in [-0.39, 0.29) is 18.8 Å². The van der Waals surface area contributed by atoms with E-state index in [9.17, 15) is 0 Å². The Labute approximate surface area is 184 Å². The van der Waals surface area contributed by atoms with Crippen molar-refractivity contribution in [2.45, 2.75) is 25.0 Å². The Bertz CT molecular complexity index is 775. The SMILES string of the molecule is ClC[C@@H]1CC(c2ccc(Br)cn2)=NO1.OC[C@@H]1CC(c2ccc(Br)cn2)=NO1. The first-order chi connectivity index (χ1) is 13.6. The minimum Gasteiger partial charge on any atom is -0.392 e. The number of aromatic nitrogens is 2. The molecule has 2 aliphatic rings. The van der Waals surface area contributed by atoms with Crippen molar-refractivity contribution in [1.29, 1.82) is 0 Å². The largest absolute Gasteiger partial charge is 0.392 e. The Morgan fingerprint density at radius 3 is 1.75 bits per heavy atom. The van der Waals surface area contributed by atoms with Gasteiger partial charge < -0.3 is 14.8 Å². The Kier molecular flexibility index (Phi) is 7.78. The number of alkyl halides is 1. The number of halogens is 3. The lowest BCUT2D eigenvalue weighted by Gasteiger charge is -2.01. The summed E-state index contributed by atoms with van der Waals surface area (Å²) in [5.74, 6) is 0.462. The molecule has 1 N–H and O–H groups in total. The summed E-state index contributed by atoms with van der Waals surface area (Å²) in [6.07, 6.45) is 4.59. The second-order valence-electron chi connectivity index (χ2n) is 6.00. The highest BCUT2D eigenvalue weighted by atomic mass is 79.9. The molecule has 0 fully saturated rings. The monoisotopic (exact) mass is 530 g/mol. The Hall–Kier alpha value is -1.55. The lowest BCUT2D eigenvalue weighted by molar-refractivity contribution is 0.0390. The summed E-state index contributed by atoms with van der Waals surface area (Å²) in [5.41, 5.74) is 3.30. The highest BCUT2D eigenvalue weighted by Crippen LogP contribution is 2.18. The van der Waals surface area contributed by atoms with Crippen LogP contribution in [0, 0.1) is 0 Å². The summed E-state index contributed by atoms with van der Waals surface area (Å²) >= 11 is 12.3. The molecule has 2 aliphatic heterocycles. The number of hydrogen-bond donors (Lipinski definition) is 1. The van der Waals surface area contributed by atoms with Gasteiger partial charge >= 0.3 is 0 Å². The van der Waals surface area contributed by atoms with Crippen molar-refractivity contribution < 1.29 is 14.8 Å². The number of nitrogens with zero attached hydrogens (tertiary/aromatic N) is 4. The number of hydrogen-bond acceptors (Lipinski definition) is 7. The van der Waals surface area contributed by atoms with Gasteiger partial charge in [0.05, 0.1) is 23.9 Å². The van der Waals surface area contributed by atoms with Gasteiger partial charge in [-0.05, 0) is 56.1 Å². The maximum Gasteiger partial charge on any atom is 0.156 e. The first-order valence-corrected chi connectivity index (χ1v) is 10.6. The molecular weight excluding hydrogens is 515 g/mol. The van der Waals surface area contributed by atoms with Crippen LogP contribution in [0.3, 0.4) is 0 Å². The summed E-state index contributed by atoms with van der Waals surface area (Å²) in [5, 5.41) is 16.7. The predicted octanol–water partition coefficient (Wildman–Crippen LogP) is 3.91. The minimum atomic E-state index is -0.213. The van der Waals surface area contributed by atoms with Crippen molar-refractivity contribution in [3.8, 4) is 0 Å². The lowest BCUT2D eigenvalue weighted by atomic mass is 10.1. The van der Waals surface area contributed by atoms with Gasteiger partial charge in [-0.15, -0.1) is 11.6 Å². The predicted molar refractivity (Wildman–Crippen MR) is 114 cm³/mol. The third-order valence-electron chi connectivity index (χ3n) is 3.89. The molecule has 148 valence electrons. The van der Waals surface area contributed by atoms with Gasteiger partial charge in [0.25, 0.3) is 0 Å². The molecule has 0 saturated carbocycles. The average molecular weight is 533 g/mol. The van der Waals surface area contributed by atoms with Crippen molar-refractivity contribution in [3.05, 3.63) is 57.0 Å². The number of pyridine rings is 2. The first kappa shape index (κ1) is 21.2. The van der Waals surface area contributed by atoms with E-state index in [1.807, 2.05) is 24.3 Å². The van der Waals surface area contributed by atoms with Crippen LogP contribution in [0.15, 0.2) is 55.9 Å². The molecule has 28 heavy (non-hydrogen) atoms. The molecule has 10 heteroatoms. The quantitative estimate of drug-likeness (QED) is 0.604. The summed E-state index contributed by atoms with van der Waals surface area (Å²) < 4.78 is 1.88. The third-order valence-corrected chi connectivity index (χ3v) is 5.17. The second kappa shape index (κ2) is 10.3. The molecule has 0 amide bonds. The molecule has 0 radical (unpaired) electrons. The molecule has 2 aromatic rings. The standard InChI is InChI=1S/C9H8BrClN2O.C9H9BrN2O2/c10-6-1-2-8(12-5-6)9-3-7(4-11)14-13-9;10-6-1-2-8(11-4-6)9-3-7(5-13)14-12-9/h1-2,5,7H,3-4H2;1-2,4,7,13H,3,5H2/t2*7-/m00/s1. The van der Waals surface area contributed by atoms with Gasteiger partial charge in [0.15, 0.2) is 6.10 Å². The van der Waals surface area contributed by atoms with Crippen LogP contribution in [0.2, 0.25) is 0 Å². The molecular formula is C18H17Br2ClN4O3. The fourth-order valence-electron chi connectivity index (χ4n) is 2.43. The topological polar surface area (TPSA) is 89.2 Å². The van der Waals surface area contributed by atoms with Crippen LogP contribution in [0.1, 0.15) is 24.2 Å². The molecule has 0 spiro atoms.